The van der Waals surface area contributed by atoms with Crippen molar-refractivity contribution in [1.29, 1.82) is 0 Å². The van der Waals surface area contributed by atoms with Crippen LogP contribution in [0.3, 0.4) is 0 Å². The fraction of sp³-hybridized carbons (Fsp3) is 0. The molecule has 0 aliphatic heterocycles. The maximum atomic E-state index is 2.41. The highest BCUT2D eigenvalue weighted by Crippen LogP contribution is 2.41. The van der Waals surface area contributed by atoms with Crippen molar-refractivity contribution in [2.75, 3.05) is 4.90 Å². The SMILES string of the molecule is c1ccc(-c2ccc(N(c3cccc(-c4ccccc4)c3)c3ccc4cc5c(cc4c3)c3ccccc3n5-c3ccc(-c4ccccc4)cc3)cc2)cc1. The summed E-state index contributed by atoms with van der Waals surface area (Å²) < 4.78 is 2.41. The third-order valence-corrected chi connectivity index (χ3v) is 10.5. The average molecular weight is 689 g/mol. The first-order chi connectivity index (χ1) is 26.8. The number of para-hydroxylation sites is 1. The van der Waals surface area contributed by atoms with Crippen LogP contribution in [0.25, 0.3) is 71.6 Å². The highest BCUT2D eigenvalue weighted by Gasteiger charge is 2.17. The van der Waals surface area contributed by atoms with Gasteiger partial charge in [0.05, 0.1) is 11.0 Å². The van der Waals surface area contributed by atoms with E-state index in [2.05, 4.69) is 228 Å². The molecule has 0 aliphatic rings. The lowest BCUT2D eigenvalue weighted by atomic mass is 10.0. The highest BCUT2D eigenvalue weighted by molar-refractivity contribution is 6.14. The molecule has 0 unspecified atom stereocenters. The Morgan fingerprint density at radius 2 is 0.796 bits per heavy atom. The largest absolute Gasteiger partial charge is 0.310 e. The lowest BCUT2D eigenvalue weighted by Crippen LogP contribution is -2.10. The summed E-state index contributed by atoms with van der Waals surface area (Å²) in [6.07, 6.45) is 0. The van der Waals surface area contributed by atoms with Gasteiger partial charge >= 0.3 is 0 Å². The Balaban J connectivity index is 1.11. The molecule has 54 heavy (non-hydrogen) atoms. The number of fused-ring (bicyclic) bond motifs is 4. The van der Waals surface area contributed by atoms with Gasteiger partial charge in [0.25, 0.3) is 0 Å². The van der Waals surface area contributed by atoms with Gasteiger partial charge < -0.3 is 9.47 Å². The first-order valence-electron chi connectivity index (χ1n) is 18.5. The molecule has 9 aromatic carbocycles. The van der Waals surface area contributed by atoms with Gasteiger partial charge in [0.1, 0.15) is 0 Å². The second-order valence-electron chi connectivity index (χ2n) is 13.8. The summed E-state index contributed by atoms with van der Waals surface area (Å²) in [5, 5.41) is 4.89. The van der Waals surface area contributed by atoms with E-state index in [1.54, 1.807) is 0 Å². The van der Waals surface area contributed by atoms with Gasteiger partial charge in [-0.1, -0.05) is 152 Å². The number of aromatic nitrogens is 1. The fourth-order valence-corrected chi connectivity index (χ4v) is 7.89. The van der Waals surface area contributed by atoms with E-state index >= 15 is 0 Å². The molecule has 0 spiro atoms. The Hall–Kier alpha value is -7.16. The Morgan fingerprint density at radius 3 is 1.46 bits per heavy atom. The minimum Gasteiger partial charge on any atom is -0.310 e. The lowest BCUT2D eigenvalue weighted by Gasteiger charge is -2.26. The minimum atomic E-state index is 1.11. The van der Waals surface area contributed by atoms with Gasteiger partial charge in [-0.25, -0.2) is 0 Å². The van der Waals surface area contributed by atoms with Crippen molar-refractivity contribution in [1.82, 2.24) is 4.57 Å². The molecule has 0 amide bonds. The fourth-order valence-electron chi connectivity index (χ4n) is 7.89. The molecule has 1 aromatic heterocycles. The Morgan fingerprint density at radius 1 is 0.278 bits per heavy atom. The van der Waals surface area contributed by atoms with Crippen molar-refractivity contribution >= 4 is 49.6 Å². The molecule has 2 nitrogen and oxygen atoms in total. The minimum absolute atomic E-state index is 1.11. The number of benzene rings is 9. The van der Waals surface area contributed by atoms with Crippen LogP contribution in [0.15, 0.2) is 218 Å². The predicted molar refractivity (Wildman–Crippen MR) is 229 cm³/mol. The van der Waals surface area contributed by atoms with Gasteiger partial charge in [0.15, 0.2) is 0 Å². The molecule has 0 atom stereocenters. The maximum Gasteiger partial charge on any atom is 0.0547 e. The van der Waals surface area contributed by atoms with Crippen LogP contribution >= 0.6 is 0 Å². The van der Waals surface area contributed by atoms with E-state index in [-0.39, 0.29) is 0 Å². The number of anilines is 3. The van der Waals surface area contributed by atoms with Gasteiger partial charge in [0.2, 0.25) is 0 Å². The molecule has 0 bridgehead atoms. The van der Waals surface area contributed by atoms with E-state index < -0.39 is 0 Å². The molecule has 10 rings (SSSR count). The second-order valence-corrected chi connectivity index (χ2v) is 13.8. The first kappa shape index (κ1) is 31.6. The maximum absolute atomic E-state index is 2.41. The van der Waals surface area contributed by atoms with E-state index in [0.717, 1.165) is 22.7 Å². The van der Waals surface area contributed by atoms with Crippen molar-refractivity contribution in [3.63, 3.8) is 0 Å². The molecule has 0 saturated carbocycles. The standard InChI is InChI=1S/C52H36N2/c1-4-13-37(14-5-1)40-23-28-45(29-24-40)53(47-20-12-19-42(33-47)39-17-8-3-9-18-39)48-32-27-43-36-52-50(35-44(43)34-48)49-21-10-11-22-51(49)54(52)46-30-25-41(26-31-46)38-15-6-2-7-16-38/h1-36H. The monoisotopic (exact) mass is 688 g/mol. The van der Waals surface area contributed by atoms with Crippen LogP contribution in [-0.4, -0.2) is 4.57 Å². The van der Waals surface area contributed by atoms with Crippen LogP contribution in [0, 0.1) is 0 Å². The molecule has 0 N–H and O–H groups in total. The Bertz CT molecular complexity index is 2890. The Kier molecular flexibility index (Phi) is 7.85. The number of nitrogens with zero attached hydrogens (tertiary/aromatic N) is 2. The summed E-state index contributed by atoms with van der Waals surface area (Å²) in [6, 6.07) is 78.9. The van der Waals surface area contributed by atoms with E-state index in [1.807, 2.05) is 0 Å². The number of hydrogen-bond donors (Lipinski definition) is 0. The van der Waals surface area contributed by atoms with Crippen molar-refractivity contribution in [2.24, 2.45) is 0 Å². The van der Waals surface area contributed by atoms with Crippen LogP contribution in [0.5, 0.6) is 0 Å². The summed E-state index contributed by atoms with van der Waals surface area (Å²) in [7, 11) is 0. The molecular weight excluding hydrogens is 653 g/mol. The smallest absolute Gasteiger partial charge is 0.0547 e. The van der Waals surface area contributed by atoms with Crippen molar-refractivity contribution in [3.8, 4) is 39.1 Å². The third-order valence-electron chi connectivity index (χ3n) is 10.5. The third kappa shape index (κ3) is 5.71. The molecule has 2 heteroatoms. The van der Waals surface area contributed by atoms with Crippen molar-refractivity contribution in [2.45, 2.75) is 0 Å². The second kappa shape index (κ2) is 13.4. The quantitative estimate of drug-likeness (QED) is 0.162. The summed E-state index contributed by atoms with van der Waals surface area (Å²) in [4.78, 5) is 2.38. The van der Waals surface area contributed by atoms with Gasteiger partial charge in [-0.2, -0.15) is 0 Å². The number of rotatable bonds is 7. The summed E-state index contributed by atoms with van der Waals surface area (Å²) in [5.74, 6) is 0. The molecule has 1 heterocycles. The van der Waals surface area contributed by atoms with Crippen molar-refractivity contribution in [3.05, 3.63) is 218 Å². The molecule has 254 valence electrons. The topological polar surface area (TPSA) is 8.17 Å². The highest BCUT2D eigenvalue weighted by atomic mass is 15.1. The molecule has 10 aromatic rings. The first-order valence-corrected chi connectivity index (χ1v) is 18.5. The van der Waals surface area contributed by atoms with Crippen LogP contribution in [0.1, 0.15) is 0 Å². The molecule has 0 aliphatic carbocycles. The Labute approximate surface area is 315 Å². The van der Waals surface area contributed by atoms with E-state index in [4.69, 9.17) is 0 Å². The van der Waals surface area contributed by atoms with Crippen LogP contribution in [0.4, 0.5) is 17.1 Å². The van der Waals surface area contributed by atoms with Gasteiger partial charge in [-0.15, -0.1) is 0 Å². The molecule has 0 fully saturated rings. The zero-order chi connectivity index (χ0) is 35.8. The molecule has 0 saturated heterocycles. The summed E-state index contributed by atoms with van der Waals surface area (Å²) >= 11 is 0. The molecular formula is C52H36N2. The van der Waals surface area contributed by atoms with Gasteiger partial charge in [-0.05, 0) is 111 Å². The van der Waals surface area contributed by atoms with E-state index in [1.165, 1.54) is 66.0 Å². The summed E-state index contributed by atoms with van der Waals surface area (Å²) in [5.41, 5.74) is 14.1. The predicted octanol–water partition coefficient (Wildman–Crippen LogP) is 14.4. The summed E-state index contributed by atoms with van der Waals surface area (Å²) in [6.45, 7) is 0. The van der Waals surface area contributed by atoms with E-state index in [9.17, 15) is 0 Å². The normalized spacial score (nSPS) is 11.3. The van der Waals surface area contributed by atoms with Crippen molar-refractivity contribution < 1.29 is 0 Å². The van der Waals surface area contributed by atoms with Gasteiger partial charge in [0, 0.05) is 33.5 Å². The average Bonchev–Trinajstić information content (AvgIpc) is 3.57. The van der Waals surface area contributed by atoms with Crippen LogP contribution in [0.2, 0.25) is 0 Å². The van der Waals surface area contributed by atoms with Crippen LogP contribution < -0.4 is 4.90 Å². The zero-order valence-electron chi connectivity index (χ0n) is 29.7. The molecule has 0 radical (unpaired) electrons. The lowest BCUT2D eigenvalue weighted by molar-refractivity contribution is 1.18. The zero-order valence-corrected chi connectivity index (χ0v) is 29.7. The number of hydrogen-bond acceptors (Lipinski definition) is 1. The van der Waals surface area contributed by atoms with E-state index in [0.29, 0.717) is 0 Å². The van der Waals surface area contributed by atoms with Crippen LogP contribution in [-0.2, 0) is 0 Å². The van der Waals surface area contributed by atoms with Gasteiger partial charge in [-0.3, -0.25) is 0 Å².